The summed E-state index contributed by atoms with van der Waals surface area (Å²) >= 11 is 0. The van der Waals surface area contributed by atoms with Crippen molar-refractivity contribution in [3.63, 3.8) is 0 Å². The smallest absolute Gasteiger partial charge is 0.329 e. The third-order valence-electron chi connectivity index (χ3n) is 4.00. The highest BCUT2D eigenvalue weighted by Crippen LogP contribution is 2.25. The van der Waals surface area contributed by atoms with Gasteiger partial charge in [0.15, 0.2) is 0 Å². The van der Waals surface area contributed by atoms with E-state index in [9.17, 15) is 9.59 Å². The van der Waals surface area contributed by atoms with E-state index < -0.39 is 6.04 Å². The third-order valence-corrected chi connectivity index (χ3v) is 4.00. The van der Waals surface area contributed by atoms with Crippen LogP contribution < -0.4 is 0 Å². The van der Waals surface area contributed by atoms with Gasteiger partial charge in [0.2, 0.25) is 0 Å². The second-order valence-corrected chi connectivity index (χ2v) is 5.41. The Kier molecular flexibility index (Phi) is 4.37. The van der Waals surface area contributed by atoms with Gasteiger partial charge in [-0.15, -0.1) is 0 Å². The second kappa shape index (κ2) is 6.60. The van der Waals surface area contributed by atoms with E-state index in [0.29, 0.717) is 25.1 Å². The number of ether oxygens (including phenoxy) is 1. The number of hydrogen-bond acceptors (Lipinski definition) is 4. The molecule has 0 radical (unpaired) electrons. The fraction of sp³-hybridized carbons (Fsp3) is 0.278. The van der Waals surface area contributed by atoms with Crippen LogP contribution in [0.25, 0.3) is 0 Å². The highest BCUT2D eigenvalue weighted by Gasteiger charge is 2.35. The monoisotopic (exact) mass is 310 g/mol. The first-order valence-electron chi connectivity index (χ1n) is 7.65. The van der Waals surface area contributed by atoms with Gasteiger partial charge in [-0.05, 0) is 30.2 Å². The fourth-order valence-corrected chi connectivity index (χ4v) is 2.85. The molecular weight excluding hydrogens is 292 g/mol. The summed E-state index contributed by atoms with van der Waals surface area (Å²) in [6, 6.07) is 10.6. The highest BCUT2D eigenvalue weighted by molar-refractivity contribution is 5.97. The summed E-state index contributed by atoms with van der Waals surface area (Å²) in [7, 11) is 0. The van der Waals surface area contributed by atoms with Crippen LogP contribution in [0.5, 0.6) is 0 Å². The number of rotatable bonds is 3. The molecule has 1 aliphatic rings. The molecule has 5 nitrogen and oxygen atoms in total. The zero-order valence-corrected chi connectivity index (χ0v) is 12.9. The number of fused-ring (bicyclic) bond motifs is 1. The Morgan fingerprint density at radius 1 is 1.17 bits per heavy atom. The molecule has 3 rings (SSSR count). The number of aromatic nitrogens is 1. The van der Waals surface area contributed by atoms with E-state index in [0.717, 1.165) is 11.1 Å². The normalized spacial score (nSPS) is 16.6. The van der Waals surface area contributed by atoms with Gasteiger partial charge in [0.25, 0.3) is 5.91 Å². The van der Waals surface area contributed by atoms with Crippen molar-refractivity contribution in [2.75, 3.05) is 6.61 Å². The number of esters is 1. The van der Waals surface area contributed by atoms with Crippen LogP contribution in [0, 0.1) is 0 Å². The Balaban J connectivity index is 1.94. The van der Waals surface area contributed by atoms with Crippen LogP contribution >= 0.6 is 0 Å². The molecule has 0 N–H and O–H groups in total. The van der Waals surface area contributed by atoms with E-state index in [-0.39, 0.29) is 11.9 Å². The standard InChI is InChI=1S/C18H18N2O3/c1-2-23-18(22)16-11-14-5-3-4-6-15(14)12-20(16)17(21)13-7-9-19-10-8-13/h3-10,16H,2,11-12H2,1H3. The maximum absolute atomic E-state index is 12.8. The number of nitrogens with zero attached hydrogens (tertiary/aromatic N) is 2. The first-order chi connectivity index (χ1) is 11.2. The predicted molar refractivity (Wildman–Crippen MR) is 84.7 cm³/mol. The van der Waals surface area contributed by atoms with Crippen molar-refractivity contribution in [1.82, 2.24) is 9.88 Å². The topological polar surface area (TPSA) is 59.5 Å². The summed E-state index contributed by atoms with van der Waals surface area (Å²) < 4.78 is 5.17. The van der Waals surface area contributed by atoms with Crippen LogP contribution in [-0.2, 0) is 22.5 Å². The molecule has 1 aromatic carbocycles. The van der Waals surface area contributed by atoms with Crippen LogP contribution in [0.4, 0.5) is 0 Å². The van der Waals surface area contributed by atoms with Crippen LogP contribution in [0.3, 0.4) is 0 Å². The second-order valence-electron chi connectivity index (χ2n) is 5.41. The van der Waals surface area contributed by atoms with Crippen molar-refractivity contribution in [3.8, 4) is 0 Å². The zero-order chi connectivity index (χ0) is 16.2. The molecule has 1 aromatic heterocycles. The molecule has 5 heteroatoms. The van der Waals surface area contributed by atoms with Gasteiger partial charge in [-0.1, -0.05) is 24.3 Å². The molecule has 0 fully saturated rings. The predicted octanol–water partition coefficient (Wildman–Crippen LogP) is 2.21. The molecule has 2 aromatic rings. The summed E-state index contributed by atoms with van der Waals surface area (Å²) in [5.41, 5.74) is 2.67. The van der Waals surface area contributed by atoms with Gasteiger partial charge >= 0.3 is 5.97 Å². The minimum absolute atomic E-state index is 0.181. The van der Waals surface area contributed by atoms with E-state index in [1.807, 2.05) is 24.3 Å². The molecule has 0 saturated heterocycles. The number of benzene rings is 1. The maximum atomic E-state index is 12.8. The fourth-order valence-electron chi connectivity index (χ4n) is 2.85. The lowest BCUT2D eigenvalue weighted by molar-refractivity contribution is -0.149. The Morgan fingerprint density at radius 2 is 1.87 bits per heavy atom. The molecule has 1 amide bonds. The number of pyridine rings is 1. The molecule has 1 aliphatic heterocycles. The van der Waals surface area contributed by atoms with Crippen molar-refractivity contribution >= 4 is 11.9 Å². The summed E-state index contributed by atoms with van der Waals surface area (Å²) in [4.78, 5) is 30.7. The molecule has 1 unspecified atom stereocenters. The van der Waals surface area contributed by atoms with Gasteiger partial charge in [-0.3, -0.25) is 9.78 Å². The Labute approximate surface area is 134 Å². The minimum Gasteiger partial charge on any atom is -0.464 e. The Bertz CT molecular complexity index is 715. The highest BCUT2D eigenvalue weighted by atomic mass is 16.5. The maximum Gasteiger partial charge on any atom is 0.329 e. The van der Waals surface area contributed by atoms with Gasteiger partial charge in [-0.25, -0.2) is 4.79 Å². The molecule has 0 spiro atoms. The van der Waals surface area contributed by atoms with Crippen LogP contribution in [0.2, 0.25) is 0 Å². The lowest BCUT2D eigenvalue weighted by Gasteiger charge is -2.35. The van der Waals surface area contributed by atoms with Crippen LogP contribution in [0.1, 0.15) is 28.4 Å². The molecule has 1 atom stereocenters. The first kappa shape index (κ1) is 15.2. The molecule has 0 bridgehead atoms. The van der Waals surface area contributed by atoms with E-state index >= 15 is 0 Å². The van der Waals surface area contributed by atoms with Crippen molar-refractivity contribution in [2.24, 2.45) is 0 Å². The minimum atomic E-state index is -0.592. The average Bonchev–Trinajstić information content (AvgIpc) is 2.61. The molecule has 23 heavy (non-hydrogen) atoms. The molecule has 0 aliphatic carbocycles. The van der Waals surface area contributed by atoms with E-state index in [2.05, 4.69) is 4.98 Å². The molecule has 2 heterocycles. The summed E-state index contributed by atoms with van der Waals surface area (Å²) in [5, 5.41) is 0. The summed E-state index contributed by atoms with van der Waals surface area (Å²) in [6.45, 7) is 2.47. The largest absolute Gasteiger partial charge is 0.464 e. The SMILES string of the molecule is CCOC(=O)C1Cc2ccccc2CN1C(=O)c1ccncc1. The van der Waals surface area contributed by atoms with Crippen molar-refractivity contribution in [3.05, 3.63) is 65.5 Å². The number of amides is 1. The first-order valence-corrected chi connectivity index (χ1v) is 7.65. The Morgan fingerprint density at radius 3 is 2.57 bits per heavy atom. The van der Waals surface area contributed by atoms with Crippen molar-refractivity contribution in [1.29, 1.82) is 0 Å². The van der Waals surface area contributed by atoms with Gasteiger partial charge in [0.1, 0.15) is 6.04 Å². The lowest BCUT2D eigenvalue weighted by Crippen LogP contribution is -2.49. The number of carbonyl (C=O) groups excluding carboxylic acids is 2. The van der Waals surface area contributed by atoms with E-state index in [1.165, 1.54) is 0 Å². The number of hydrogen-bond donors (Lipinski definition) is 0. The van der Waals surface area contributed by atoms with Gasteiger partial charge < -0.3 is 9.64 Å². The molecular formula is C18H18N2O3. The third kappa shape index (κ3) is 3.08. The van der Waals surface area contributed by atoms with Crippen molar-refractivity contribution in [2.45, 2.75) is 25.9 Å². The van der Waals surface area contributed by atoms with Gasteiger partial charge in [-0.2, -0.15) is 0 Å². The van der Waals surface area contributed by atoms with Crippen LogP contribution in [-0.4, -0.2) is 34.4 Å². The summed E-state index contributed by atoms with van der Waals surface area (Å²) in [5.74, 6) is -0.538. The number of carbonyl (C=O) groups is 2. The van der Waals surface area contributed by atoms with E-state index in [4.69, 9.17) is 4.74 Å². The average molecular weight is 310 g/mol. The van der Waals surface area contributed by atoms with Gasteiger partial charge in [0.05, 0.1) is 6.61 Å². The van der Waals surface area contributed by atoms with E-state index in [1.54, 1.807) is 36.4 Å². The van der Waals surface area contributed by atoms with Crippen molar-refractivity contribution < 1.29 is 14.3 Å². The quantitative estimate of drug-likeness (QED) is 0.816. The Hall–Kier alpha value is -2.69. The summed E-state index contributed by atoms with van der Waals surface area (Å²) in [6.07, 6.45) is 3.63. The van der Waals surface area contributed by atoms with Crippen LogP contribution in [0.15, 0.2) is 48.8 Å². The lowest BCUT2D eigenvalue weighted by atomic mass is 9.93. The zero-order valence-electron chi connectivity index (χ0n) is 12.9. The van der Waals surface area contributed by atoms with Gasteiger partial charge in [0, 0.05) is 30.9 Å². The molecule has 118 valence electrons. The molecule has 0 saturated carbocycles.